The van der Waals surface area contributed by atoms with E-state index in [4.69, 9.17) is 0 Å². The molecule has 2 rings (SSSR count). The molecule has 0 heterocycles. The Labute approximate surface area is 119 Å². The largest absolute Gasteiger partial charge is 0.268 e. The van der Waals surface area contributed by atoms with Crippen molar-refractivity contribution in [3.63, 3.8) is 0 Å². The standard InChI is InChI=1S/C13H9BrNO3S/c14-11-6-8-12(9-7-11)19(17,18)15-13(16)10-4-2-1-3-5-10/h2-9H,(H,15,16). The first-order valence-corrected chi connectivity index (χ1v) is 7.55. The zero-order valence-corrected chi connectivity index (χ0v) is 12.0. The van der Waals surface area contributed by atoms with Gasteiger partial charge in [0.1, 0.15) is 0 Å². The van der Waals surface area contributed by atoms with Gasteiger partial charge in [-0.15, -0.1) is 0 Å². The maximum absolute atomic E-state index is 12.0. The van der Waals surface area contributed by atoms with E-state index in [-0.39, 0.29) is 10.5 Å². The molecule has 19 heavy (non-hydrogen) atoms. The molecule has 0 fully saturated rings. The third kappa shape index (κ3) is 3.42. The van der Waals surface area contributed by atoms with Crippen molar-refractivity contribution in [3.05, 3.63) is 64.6 Å². The summed E-state index contributed by atoms with van der Waals surface area (Å²) in [7, 11) is -3.85. The number of amides is 1. The number of hydrogen-bond acceptors (Lipinski definition) is 3. The monoisotopic (exact) mass is 338 g/mol. The molecule has 0 spiro atoms. The van der Waals surface area contributed by atoms with Gasteiger partial charge in [0.25, 0.3) is 15.9 Å². The number of nitrogens with one attached hydrogen (secondary N) is 1. The van der Waals surface area contributed by atoms with Crippen LogP contribution in [-0.2, 0) is 10.0 Å². The number of halogens is 1. The molecule has 0 aliphatic carbocycles. The molecule has 0 saturated heterocycles. The minimum absolute atomic E-state index is 0.0338. The smallest absolute Gasteiger partial charge is 0.264 e. The summed E-state index contributed by atoms with van der Waals surface area (Å²) in [5.41, 5.74) is 0.263. The van der Waals surface area contributed by atoms with Gasteiger partial charge >= 0.3 is 0 Å². The Balaban J connectivity index is 2.23. The van der Waals surface area contributed by atoms with Gasteiger partial charge in [-0.25, -0.2) is 13.1 Å². The molecule has 0 atom stereocenters. The lowest BCUT2D eigenvalue weighted by molar-refractivity contribution is 0.0981. The quantitative estimate of drug-likeness (QED) is 0.934. The van der Waals surface area contributed by atoms with Gasteiger partial charge in [-0.2, -0.15) is 0 Å². The lowest BCUT2D eigenvalue weighted by atomic mass is 10.2. The third-order valence-corrected chi connectivity index (χ3v) is 4.21. The van der Waals surface area contributed by atoms with E-state index in [0.29, 0.717) is 0 Å². The van der Waals surface area contributed by atoms with E-state index in [9.17, 15) is 13.2 Å². The van der Waals surface area contributed by atoms with Crippen LogP contribution in [0.15, 0.2) is 57.9 Å². The van der Waals surface area contributed by atoms with Crippen LogP contribution >= 0.6 is 15.9 Å². The van der Waals surface area contributed by atoms with Crippen LogP contribution in [0.3, 0.4) is 0 Å². The second kappa shape index (κ2) is 5.54. The van der Waals surface area contributed by atoms with Crippen molar-refractivity contribution in [1.29, 1.82) is 0 Å². The molecule has 0 bridgehead atoms. The van der Waals surface area contributed by atoms with Gasteiger partial charge < -0.3 is 0 Å². The lowest BCUT2D eigenvalue weighted by Gasteiger charge is -2.06. The van der Waals surface area contributed by atoms with Gasteiger partial charge in [-0.1, -0.05) is 28.1 Å². The second-order valence-corrected chi connectivity index (χ2v) is 6.28. The number of benzene rings is 2. The zero-order valence-electron chi connectivity index (χ0n) is 9.63. The summed E-state index contributed by atoms with van der Waals surface area (Å²) < 4.78 is 26.7. The topological polar surface area (TPSA) is 63.2 Å². The average Bonchev–Trinajstić information content (AvgIpc) is 2.40. The van der Waals surface area contributed by atoms with E-state index >= 15 is 0 Å². The van der Waals surface area contributed by atoms with Crippen LogP contribution in [0.2, 0.25) is 0 Å². The van der Waals surface area contributed by atoms with Crippen molar-refractivity contribution in [2.75, 3.05) is 0 Å². The highest BCUT2D eigenvalue weighted by molar-refractivity contribution is 9.10. The fraction of sp³-hybridized carbons (Fsp3) is 0. The molecular weight excluding hydrogens is 330 g/mol. The number of sulfonamides is 1. The highest BCUT2D eigenvalue weighted by Crippen LogP contribution is 2.14. The summed E-state index contributed by atoms with van der Waals surface area (Å²) in [6.45, 7) is 0. The van der Waals surface area contributed by atoms with Crippen molar-refractivity contribution >= 4 is 31.9 Å². The average molecular weight is 339 g/mol. The van der Waals surface area contributed by atoms with E-state index in [1.807, 2.05) is 4.72 Å². The van der Waals surface area contributed by atoms with Gasteiger partial charge in [0.2, 0.25) is 0 Å². The molecule has 2 aromatic rings. The summed E-state index contributed by atoms with van der Waals surface area (Å²) in [5.74, 6) is -0.670. The van der Waals surface area contributed by atoms with Crippen molar-refractivity contribution < 1.29 is 13.2 Å². The predicted molar refractivity (Wildman–Crippen MR) is 74.1 cm³/mol. The molecule has 0 unspecified atom stereocenters. The van der Waals surface area contributed by atoms with Crippen LogP contribution < -0.4 is 4.72 Å². The summed E-state index contributed by atoms with van der Waals surface area (Å²) in [6, 6.07) is 14.8. The van der Waals surface area contributed by atoms with Gasteiger partial charge in [-0.05, 0) is 42.5 Å². The molecular formula is C13H9BrNO3S. The van der Waals surface area contributed by atoms with Gasteiger partial charge in [0.15, 0.2) is 0 Å². The predicted octanol–water partition coefficient (Wildman–Crippen LogP) is 2.37. The van der Waals surface area contributed by atoms with Crippen molar-refractivity contribution in [1.82, 2.24) is 4.72 Å². The van der Waals surface area contributed by atoms with Crippen LogP contribution in [0.5, 0.6) is 0 Å². The van der Waals surface area contributed by atoms with Crippen LogP contribution in [0.4, 0.5) is 0 Å². The number of carbonyl (C=O) groups excluding carboxylic acids is 1. The molecule has 0 aliphatic heterocycles. The molecule has 0 aromatic heterocycles. The zero-order chi connectivity index (χ0) is 13.9. The Kier molecular flexibility index (Phi) is 4.01. The summed E-state index contributed by atoms with van der Waals surface area (Å²) in [4.78, 5) is 11.8. The van der Waals surface area contributed by atoms with Crippen molar-refractivity contribution in [2.24, 2.45) is 0 Å². The molecule has 0 aliphatic rings. The van der Waals surface area contributed by atoms with E-state index in [0.717, 1.165) is 4.47 Å². The van der Waals surface area contributed by atoms with E-state index < -0.39 is 15.9 Å². The maximum atomic E-state index is 12.0. The van der Waals surface area contributed by atoms with Crippen LogP contribution in [-0.4, -0.2) is 14.3 Å². The molecule has 6 heteroatoms. The van der Waals surface area contributed by atoms with E-state index in [1.165, 1.54) is 24.3 Å². The molecule has 0 saturated carbocycles. The van der Waals surface area contributed by atoms with Gasteiger partial charge in [0.05, 0.1) is 4.90 Å². The molecule has 97 valence electrons. The van der Waals surface area contributed by atoms with Crippen LogP contribution in [0.25, 0.3) is 0 Å². The minimum atomic E-state index is -3.85. The normalized spacial score (nSPS) is 11.0. The molecule has 4 nitrogen and oxygen atoms in total. The molecule has 1 radical (unpaired) electrons. The Morgan fingerprint density at radius 3 is 2.21 bits per heavy atom. The van der Waals surface area contributed by atoms with Crippen molar-refractivity contribution in [3.8, 4) is 0 Å². The van der Waals surface area contributed by atoms with E-state index in [1.54, 1.807) is 24.3 Å². The number of carbonyl (C=O) groups is 1. The highest BCUT2D eigenvalue weighted by Gasteiger charge is 2.18. The first kappa shape index (κ1) is 13.8. The van der Waals surface area contributed by atoms with Gasteiger partial charge in [-0.3, -0.25) is 4.79 Å². The third-order valence-electron chi connectivity index (χ3n) is 2.33. The molecule has 1 amide bonds. The SMILES string of the molecule is O=C(NS(=O)(=O)c1ccc(Br)cc1)c1cc[c]cc1. The fourth-order valence-electron chi connectivity index (χ4n) is 1.39. The lowest BCUT2D eigenvalue weighted by Crippen LogP contribution is -2.30. The summed E-state index contributed by atoms with van der Waals surface area (Å²) >= 11 is 3.21. The number of rotatable bonds is 3. The van der Waals surface area contributed by atoms with Crippen LogP contribution in [0.1, 0.15) is 10.4 Å². The summed E-state index contributed by atoms with van der Waals surface area (Å²) in [5, 5.41) is 0. The minimum Gasteiger partial charge on any atom is -0.268 e. The van der Waals surface area contributed by atoms with Crippen LogP contribution in [0, 0.1) is 6.07 Å². The highest BCUT2D eigenvalue weighted by atomic mass is 79.9. The van der Waals surface area contributed by atoms with Gasteiger partial charge in [0, 0.05) is 10.0 Å². The Morgan fingerprint density at radius 1 is 1.05 bits per heavy atom. The van der Waals surface area contributed by atoms with Crippen molar-refractivity contribution in [2.45, 2.75) is 4.90 Å². The Morgan fingerprint density at radius 2 is 1.63 bits per heavy atom. The number of hydrogen-bond donors (Lipinski definition) is 1. The second-order valence-electron chi connectivity index (χ2n) is 3.68. The first-order chi connectivity index (χ1) is 8.99. The molecule has 2 aromatic carbocycles. The maximum Gasteiger partial charge on any atom is 0.264 e. The Hall–Kier alpha value is -1.66. The molecule has 1 N–H and O–H groups in total. The Bertz CT molecular complexity index is 682. The van der Waals surface area contributed by atoms with E-state index in [2.05, 4.69) is 22.0 Å². The first-order valence-electron chi connectivity index (χ1n) is 5.28. The fourth-order valence-corrected chi connectivity index (χ4v) is 2.63. The summed E-state index contributed by atoms with van der Waals surface area (Å²) in [6.07, 6.45) is 0.